The summed E-state index contributed by atoms with van der Waals surface area (Å²) in [5.74, 6) is 0.422. The van der Waals surface area contributed by atoms with Gasteiger partial charge in [-0.05, 0) is 44.0 Å². The van der Waals surface area contributed by atoms with Gasteiger partial charge in [0.2, 0.25) is 5.82 Å². The van der Waals surface area contributed by atoms with E-state index in [-0.39, 0.29) is 17.8 Å². The third-order valence-corrected chi connectivity index (χ3v) is 4.99. The zero-order valence-corrected chi connectivity index (χ0v) is 16.2. The lowest BCUT2D eigenvalue weighted by molar-refractivity contribution is 0.0909. The molecule has 1 aliphatic rings. The van der Waals surface area contributed by atoms with Gasteiger partial charge in [-0.3, -0.25) is 9.78 Å². The fraction of sp³-hybridized carbons (Fsp3) is 0.300. The molecule has 0 spiro atoms. The Morgan fingerprint density at radius 1 is 1.29 bits per heavy atom. The fourth-order valence-electron chi connectivity index (χ4n) is 3.27. The van der Waals surface area contributed by atoms with Crippen LogP contribution in [0.3, 0.4) is 0 Å². The summed E-state index contributed by atoms with van der Waals surface area (Å²) >= 11 is 6.28. The molecular weight excluding hydrogens is 378 g/mol. The average Bonchev–Trinajstić information content (AvgIpc) is 3.36. The second kappa shape index (κ2) is 8.08. The molecule has 0 aliphatic carbocycles. The average molecular weight is 398 g/mol. The van der Waals surface area contributed by atoms with Crippen LogP contribution in [0.2, 0.25) is 5.02 Å². The van der Waals surface area contributed by atoms with Gasteiger partial charge >= 0.3 is 0 Å². The van der Waals surface area contributed by atoms with E-state index in [1.165, 1.54) is 0 Å². The molecule has 1 atom stereocenters. The number of benzene rings is 1. The highest BCUT2D eigenvalue weighted by atomic mass is 35.5. The van der Waals surface area contributed by atoms with E-state index in [1.54, 1.807) is 47.1 Å². The molecule has 1 saturated heterocycles. The second-order valence-corrected chi connectivity index (χ2v) is 7.01. The quantitative estimate of drug-likeness (QED) is 0.659. The molecule has 0 unspecified atom stereocenters. The molecule has 3 heterocycles. The number of aromatic nitrogens is 4. The summed E-state index contributed by atoms with van der Waals surface area (Å²) in [5.41, 5.74) is 1.42. The zero-order valence-electron chi connectivity index (χ0n) is 15.5. The molecule has 3 aromatic rings. The van der Waals surface area contributed by atoms with Crippen LogP contribution in [0.4, 0.5) is 5.69 Å². The molecule has 1 aromatic carbocycles. The fourth-order valence-corrected chi connectivity index (χ4v) is 3.49. The van der Waals surface area contributed by atoms with Gasteiger partial charge in [-0.15, -0.1) is 5.10 Å². The Balaban J connectivity index is 1.67. The lowest BCUT2D eigenvalue weighted by Gasteiger charge is -2.24. The van der Waals surface area contributed by atoms with Crippen molar-refractivity contribution < 1.29 is 9.53 Å². The first-order valence-electron chi connectivity index (χ1n) is 9.15. The van der Waals surface area contributed by atoms with Gasteiger partial charge in [-0.2, -0.15) is 0 Å². The molecule has 1 aliphatic heterocycles. The van der Waals surface area contributed by atoms with Gasteiger partial charge in [0.15, 0.2) is 0 Å². The molecule has 0 radical (unpaired) electrons. The maximum Gasteiger partial charge on any atom is 0.298 e. The molecule has 0 N–H and O–H groups in total. The van der Waals surface area contributed by atoms with Gasteiger partial charge in [-0.25, -0.2) is 9.67 Å². The van der Waals surface area contributed by atoms with Crippen LogP contribution in [0.5, 0.6) is 0 Å². The van der Waals surface area contributed by atoms with E-state index in [0.29, 0.717) is 23.1 Å². The minimum absolute atomic E-state index is 0.00358. The van der Waals surface area contributed by atoms with Gasteiger partial charge in [-0.1, -0.05) is 23.7 Å². The lowest BCUT2D eigenvalue weighted by Crippen LogP contribution is -2.38. The van der Waals surface area contributed by atoms with Crippen LogP contribution in [-0.4, -0.2) is 44.9 Å². The SMILES string of the molecule is Cc1nc(C(=O)N(C[C@H]2CCCO2)c2ccncc2)nn1-c1ccccc1Cl. The number of hydrogen-bond donors (Lipinski definition) is 0. The normalized spacial score (nSPS) is 16.3. The van der Waals surface area contributed by atoms with Gasteiger partial charge in [0.25, 0.3) is 5.91 Å². The summed E-state index contributed by atoms with van der Waals surface area (Å²) < 4.78 is 7.32. The number of nitrogens with zero attached hydrogens (tertiary/aromatic N) is 5. The first-order chi connectivity index (χ1) is 13.6. The van der Waals surface area contributed by atoms with E-state index in [9.17, 15) is 4.79 Å². The molecule has 8 heteroatoms. The summed E-state index contributed by atoms with van der Waals surface area (Å²) in [7, 11) is 0. The third kappa shape index (κ3) is 3.76. The highest BCUT2D eigenvalue weighted by molar-refractivity contribution is 6.32. The standard InChI is InChI=1S/C20H20ClN5O2/c1-14-23-19(24-26(14)18-7-3-2-6-17(18)21)20(27)25(13-16-5-4-12-28-16)15-8-10-22-11-9-15/h2-3,6-11,16H,4-5,12-13H2,1H3/t16-/m1/s1. The zero-order chi connectivity index (χ0) is 19.5. The van der Waals surface area contributed by atoms with Crippen molar-refractivity contribution in [2.75, 3.05) is 18.1 Å². The topological polar surface area (TPSA) is 73.1 Å². The maximum atomic E-state index is 13.3. The summed E-state index contributed by atoms with van der Waals surface area (Å²) in [5, 5.41) is 4.98. The van der Waals surface area contributed by atoms with Crippen molar-refractivity contribution >= 4 is 23.2 Å². The number of ether oxygens (including phenoxy) is 1. The number of anilines is 1. The van der Waals surface area contributed by atoms with Crippen molar-refractivity contribution in [3.8, 4) is 5.69 Å². The van der Waals surface area contributed by atoms with Crippen LogP contribution >= 0.6 is 11.6 Å². The molecule has 144 valence electrons. The molecule has 7 nitrogen and oxygen atoms in total. The monoisotopic (exact) mass is 397 g/mol. The second-order valence-electron chi connectivity index (χ2n) is 6.60. The van der Waals surface area contributed by atoms with Crippen LogP contribution in [-0.2, 0) is 4.74 Å². The van der Waals surface area contributed by atoms with Crippen molar-refractivity contribution in [2.24, 2.45) is 0 Å². The van der Waals surface area contributed by atoms with E-state index in [1.807, 2.05) is 18.2 Å². The smallest absolute Gasteiger partial charge is 0.298 e. The summed E-state index contributed by atoms with van der Waals surface area (Å²) in [6, 6.07) is 10.9. The first kappa shape index (κ1) is 18.6. The largest absolute Gasteiger partial charge is 0.376 e. The maximum absolute atomic E-state index is 13.3. The van der Waals surface area contributed by atoms with Crippen LogP contribution in [0, 0.1) is 6.92 Å². The van der Waals surface area contributed by atoms with E-state index in [0.717, 1.165) is 25.1 Å². The van der Waals surface area contributed by atoms with Crippen molar-refractivity contribution in [2.45, 2.75) is 25.9 Å². The van der Waals surface area contributed by atoms with E-state index < -0.39 is 0 Å². The number of amides is 1. The van der Waals surface area contributed by atoms with Crippen LogP contribution < -0.4 is 4.90 Å². The van der Waals surface area contributed by atoms with Crippen LogP contribution in [0.15, 0.2) is 48.8 Å². The van der Waals surface area contributed by atoms with Crippen molar-refractivity contribution in [1.29, 1.82) is 0 Å². The number of carbonyl (C=O) groups excluding carboxylic acids is 1. The van der Waals surface area contributed by atoms with E-state index in [2.05, 4.69) is 15.1 Å². The Hall–Kier alpha value is -2.77. The summed E-state index contributed by atoms with van der Waals surface area (Å²) in [4.78, 5) is 23.4. The Kier molecular flexibility index (Phi) is 5.36. The Bertz CT molecular complexity index is 970. The Morgan fingerprint density at radius 2 is 2.07 bits per heavy atom. The molecule has 28 heavy (non-hydrogen) atoms. The minimum Gasteiger partial charge on any atom is -0.376 e. The lowest BCUT2D eigenvalue weighted by atomic mass is 10.2. The molecule has 2 aromatic heterocycles. The molecule has 1 amide bonds. The third-order valence-electron chi connectivity index (χ3n) is 4.67. The molecule has 0 bridgehead atoms. The van der Waals surface area contributed by atoms with Crippen LogP contribution in [0.25, 0.3) is 5.69 Å². The van der Waals surface area contributed by atoms with Crippen molar-refractivity contribution in [3.05, 3.63) is 65.5 Å². The summed E-state index contributed by atoms with van der Waals surface area (Å²) in [6.07, 6.45) is 5.25. The number of rotatable bonds is 5. The highest BCUT2D eigenvalue weighted by Crippen LogP contribution is 2.23. The predicted molar refractivity (Wildman–Crippen MR) is 106 cm³/mol. The number of pyridine rings is 1. The van der Waals surface area contributed by atoms with Crippen molar-refractivity contribution in [1.82, 2.24) is 19.7 Å². The molecule has 1 fully saturated rings. The minimum atomic E-state index is -0.282. The molecular formula is C20H20ClN5O2. The van der Waals surface area contributed by atoms with E-state index >= 15 is 0 Å². The van der Waals surface area contributed by atoms with Gasteiger partial charge in [0, 0.05) is 24.7 Å². The summed E-state index contributed by atoms with van der Waals surface area (Å²) in [6.45, 7) is 2.97. The van der Waals surface area contributed by atoms with E-state index in [4.69, 9.17) is 16.3 Å². The van der Waals surface area contributed by atoms with Crippen molar-refractivity contribution in [3.63, 3.8) is 0 Å². The van der Waals surface area contributed by atoms with Gasteiger partial charge in [0.05, 0.1) is 23.4 Å². The number of aryl methyl sites for hydroxylation is 1. The van der Waals surface area contributed by atoms with Gasteiger partial charge in [0.1, 0.15) is 5.82 Å². The number of carbonyl (C=O) groups is 1. The predicted octanol–water partition coefficient (Wildman–Crippen LogP) is 3.45. The molecule has 4 rings (SSSR count). The van der Waals surface area contributed by atoms with Crippen LogP contribution in [0.1, 0.15) is 29.3 Å². The number of hydrogen-bond acceptors (Lipinski definition) is 5. The Morgan fingerprint density at radius 3 is 2.79 bits per heavy atom. The number of halogens is 1. The highest BCUT2D eigenvalue weighted by Gasteiger charge is 2.28. The van der Waals surface area contributed by atoms with Gasteiger partial charge < -0.3 is 9.64 Å². The number of para-hydroxylation sites is 1. The first-order valence-corrected chi connectivity index (χ1v) is 9.53. The Labute approximate surface area is 167 Å². The molecule has 0 saturated carbocycles.